The zero-order valence-corrected chi connectivity index (χ0v) is 13.5. The molecule has 0 aliphatic rings. The van der Waals surface area contributed by atoms with Gasteiger partial charge in [0.05, 0.1) is 14.2 Å². The molecule has 0 aliphatic heterocycles. The molecule has 112 valence electrons. The molecular weight excluding hydrogens is 286 g/mol. The summed E-state index contributed by atoms with van der Waals surface area (Å²) in [6.07, 6.45) is 0. The normalized spacial score (nSPS) is 12.0. The molecule has 0 aromatic heterocycles. The van der Waals surface area contributed by atoms with Crippen LogP contribution in [0.1, 0.15) is 18.5 Å². The third-order valence-electron chi connectivity index (χ3n) is 3.58. The molecule has 1 atom stereocenters. The van der Waals surface area contributed by atoms with Crippen molar-refractivity contribution in [2.24, 2.45) is 0 Å². The van der Waals surface area contributed by atoms with Crippen molar-refractivity contribution < 1.29 is 9.47 Å². The molecule has 3 nitrogen and oxygen atoms in total. The van der Waals surface area contributed by atoms with Crippen LogP contribution in [0.25, 0.3) is 11.1 Å². The summed E-state index contributed by atoms with van der Waals surface area (Å²) in [5, 5.41) is 3.94. The van der Waals surface area contributed by atoms with Crippen molar-refractivity contribution in [1.29, 1.82) is 0 Å². The van der Waals surface area contributed by atoms with E-state index in [1.165, 1.54) is 0 Å². The maximum Gasteiger partial charge on any atom is 0.123 e. The smallest absolute Gasteiger partial charge is 0.123 e. The van der Waals surface area contributed by atoms with E-state index in [0.717, 1.165) is 33.2 Å². The fourth-order valence-electron chi connectivity index (χ4n) is 2.19. The van der Waals surface area contributed by atoms with E-state index in [-0.39, 0.29) is 6.04 Å². The Bertz CT molecular complexity index is 606. The third kappa shape index (κ3) is 3.49. The van der Waals surface area contributed by atoms with Crippen molar-refractivity contribution in [3.8, 4) is 22.6 Å². The molecule has 0 aliphatic carbocycles. The number of nitrogens with one attached hydrogen (secondary N) is 1. The highest BCUT2D eigenvalue weighted by Crippen LogP contribution is 2.33. The average molecular weight is 306 g/mol. The summed E-state index contributed by atoms with van der Waals surface area (Å²) in [4.78, 5) is 0. The highest BCUT2D eigenvalue weighted by molar-refractivity contribution is 6.31. The van der Waals surface area contributed by atoms with E-state index in [1.807, 2.05) is 37.4 Å². The zero-order chi connectivity index (χ0) is 15.4. The summed E-state index contributed by atoms with van der Waals surface area (Å²) in [7, 11) is 5.20. The lowest BCUT2D eigenvalue weighted by molar-refractivity contribution is 0.394. The second-order valence-electron chi connectivity index (χ2n) is 4.85. The monoisotopic (exact) mass is 305 g/mol. The van der Waals surface area contributed by atoms with Crippen LogP contribution in [0.15, 0.2) is 36.4 Å². The Kier molecular flexibility index (Phi) is 5.10. The van der Waals surface area contributed by atoms with Crippen LogP contribution >= 0.6 is 11.6 Å². The molecule has 2 rings (SSSR count). The van der Waals surface area contributed by atoms with Crippen LogP contribution < -0.4 is 14.8 Å². The van der Waals surface area contributed by atoms with Gasteiger partial charge in [-0.1, -0.05) is 23.7 Å². The van der Waals surface area contributed by atoms with Crippen molar-refractivity contribution in [1.82, 2.24) is 5.32 Å². The Morgan fingerprint density at radius 3 is 2.05 bits per heavy atom. The predicted octanol–water partition coefficient (Wildman–Crippen LogP) is 4.30. The molecule has 2 aromatic carbocycles. The van der Waals surface area contributed by atoms with Gasteiger partial charge in [-0.25, -0.2) is 0 Å². The first-order valence-electron chi connectivity index (χ1n) is 6.79. The van der Waals surface area contributed by atoms with E-state index < -0.39 is 0 Å². The summed E-state index contributed by atoms with van der Waals surface area (Å²) < 4.78 is 10.6. The maximum atomic E-state index is 6.40. The molecule has 4 heteroatoms. The van der Waals surface area contributed by atoms with Crippen LogP contribution in [0.4, 0.5) is 0 Å². The number of methoxy groups -OCH3 is 2. The molecule has 0 amide bonds. The van der Waals surface area contributed by atoms with Crippen molar-refractivity contribution in [3.05, 3.63) is 47.0 Å². The van der Waals surface area contributed by atoms with Crippen molar-refractivity contribution in [2.45, 2.75) is 13.0 Å². The van der Waals surface area contributed by atoms with Crippen LogP contribution in [0.5, 0.6) is 11.5 Å². The summed E-state index contributed by atoms with van der Waals surface area (Å²) in [5.41, 5.74) is 3.12. The minimum absolute atomic E-state index is 0.214. The third-order valence-corrected chi connectivity index (χ3v) is 3.91. The van der Waals surface area contributed by atoms with Crippen molar-refractivity contribution in [2.75, 3.05) is 21.3 Å². The molecular formula is C17H20ClNO2. The van der Waals surface area contributed by atoms with Gasteiger partial charge in [-0.3, -0.25) is 0 Å². The zero-order valence-electron chi connectivity index (χ0n) is 12.7. The van der Waals surface area contributed by atoms with Gasteiger partial charge in [-0.05, 0) is 48.9 Å². The van der Waals surface area contributed by atoms with Gasteiger partial charge in [-0.15, -0.1) is 0 Å². The van der Waals surface area contributed by atoms with E-state index in [4.69, 9.17) is 21.1 Å². The first-order valence-corrected chi connectivity index (χ1v) is 7.17. The fourth-order valence-corrected chi connectivity index (χ4v) is 2.53. The molecule has 0 saturated heterocycles. The summed E-state index contributed by atoms with van der Waals surface area (Å²) in [6.45, 7) is 2.08. The van der Waals surface area contributed by atoms with Gasteiger partial charge in [0.2, 0.25) is 0 Å². The van der Waals surface area contributed by atoms with Gasteiger partial charge in [0.15, 0.2) is 0 Å². The standard InChI is InChI=1S/C17H20ClNO2/c1-11(19-2)16-6-5-12(9-17(16)18)13-7-14(20-3)10-15(8-13)21-4/h5-11,19H,1-4H3. The van der Waals surface area contributed by atoms with E-state index in [9.17, 15) is 0 Å². The van der Waals surface area contributed by atoms with E-state index in [0.29, 0.717) is 0 Å². The van der Waals surface area contributed by atoms with Crippen LogP contribution in [0.3, 0.4) is 0 Å². The van der Waals surface area contributed by atoms with Crippen LogP contribution in [0.2, 0.25) is 5.02 Å². The van der Waals surface area contributed by atoms with Crippen LogP contribution in [-0.2, 0) is 0 Å². The highest BCUT2D eigenvalue weighted by atomic mass is 35.5. The largest absolute Gasteiger partial charge is 0.497 e. The molecule has 0 saturated carbocycles. The molecule has 1 unspecified atom stereocenters. The van der Waals surface area contributed by atoms with E-state index >= 15 is 0 Å². The van der Waals surface area contributed by atoms with Gasteiger partial charge in [0, 0.05) is 17.1 Å². The van der Waals surface area contributed by atoms with Crippen LogP contribution in [-0.4, -0.2) is 21.3 Å². The molecule has 0 fully saturated rings. The van der Waals surface area contributed by atoms with Gasteiger partial charge < -0.3 is 14.8 Å². The van der Waals surface area contributed by atoms with Gasteiger partial charge in [0.25, 0.3) is 0 Å². The second kappa shape index (κ2) is 6.83. The first kappa shape index (κ1) is 15.7. The SMILES string of the molecule is CNC(C)c1ccc(-c2cc(OC)cc(OC)c2)cc1Cl. The van der Waals surface area contributed by atoms with Crippen LogP contribution in [0, 0.1) is 0 Å². The quantitative estimate of drug-likeness (QED) is 0.893. The lowest BCUT2D eigenvalue weighted by Crippen LogP contribution is -2.12. The number of rotatable bonds is 5. The Labute approximate surface area is 130 Å². The molecule has 0 bridgehead atoms. The maximum absolute atomic E-state index is 6.40. The minimum atomic E-state index is 0.214. The lowest BCUT2D eigenvalue weighted by Gasteiger charge is -2.14. The van der Waals surface area contributed by atoms with E-state index in [1.54, 1.807) is 14.2 Å². The number of halogens is 1. The predicted molar refractivity (Wildman–Crippen MR) is 87.5 cm³/mol. The van der Waals surface area contributed by atoms with Gasteiger partial charge >= 0.3 is 0 Å². The first-order chi connectivity index (χ1) is 10.1. The van der Waals surface area contributed by atoms with Crippen molar-refractivity contribution in [3.63, 3.8) is 0 Å². The Hall–Kier alpha value is -1.71. The number of hydrogen-bond donors (Lipinski definition) is 1. The molecule has 2 aromatic rings. The number of hydrogen-bond acceptors (Lipinski definition) is 3. The number of ether oxygens (including phenoxy) is 2. The minimum Gasteiger partial charge on any atom is -0.497 e. The Morgan fingerprint density at radius 2 is 1.57 bits per heavy atom. The fraction of sp³-hybridized carbons (Fsp3) is 0.294. The van der Waals surface area contributed by atoms with Crippen molar-refractivity contribution >= 4 is 11.6 Å². The molecule has 0 spiro atoms. The van der Waals surface area contributed by atoms with E-state index in [2.05, 4.69) is 18.3 Å². The topological polar surface area (TPSA) is 30.5 Å². The summed E-state index contributed by atoms with van der Waals surface area (Å²) in [5.74, 6) is 1.52. The summed E-state index contributed by atoms with van der Waals surface area (Å²) in [6, 6.07) is 12.1. The molecule has 0 heterocycles. The molecule has 1 N–H and O–H groups in total. The Balaban J connectivity index is 2.45. The molecule has 0 radical (unpaired) electrons. The number of benzene rings is 2. The van der Waals surface area contributed by atoms with Gasteiger partial charge in [-0.2, -0.15) is 0 Å². The summed E-state index contributed by atoms with van der Waals surface area (Å²) >= 11 is 6.40. The van der Waals surface area contributed by atoms with Gasteiger partial charge in [0.1, 0.15) is 11.5 Å². The lowest BCUT2D eigenvalue weighted by atomic mass is 10.0. The highest BCUT2D eigenvalue weighted by Gasteiger charge is 2.10. The second-order valence-corrected chi connectivity index (χ2v) is 5.26. The molecule has 21 heavy (non-hydrogen) atoms. The average Bonchev–Trinajstić information content (AvgIpc) is 2.53. The Morgan fingerprint density at radius 1 is 0.952 bits per heavy atom.